The Morgan fingerprint density at radius 1 is 0.464 bits per heavy atom. The van der Waals surface area contributed by atoms with Crippen LogP contribution in [-0.2, 0) is 12.4 Å². The third-order valence-corrected chi connectivity index (χ3v) is 4.67. The molecule has 0 heterocycles. The third kappa shape index (κ3) is 3.19. The molecule has 0 aromatic heterocycles. The van der Waals surface area contributed by atoms with Crippen LogP contribution in [0.4, 0.5) is 26.3 Å². The Hall–Kier alpha value is -3.02. The lowest BCUT2D eigenvalue weighted by Gasteiger charge is -2.17. The van der Waals surface area contributed by atoms with Gasteiger partial charge in [-0.3, -0.25) is 0 Å². The molecule has 0 aliphatic carbocycles. The molecular formula is C22H12F6. The summed E-state index contributed by atoms with van der Waals surface area (Å²) in [4.78, 5) is 0. The minimum atomic E-state index is -4.61. The lowest BCUT2D eigenvalue weighted by molar-refractivity contribution is -0.138. The van der Waals surface area contributed by atoms with Crippen LogP contribution in [0, 0.1) is 0 Å². The first-order chi connectivity index (χ1) is 13.1. The van der Waals surface area contributed by atoms with E-state index in [-0.39, 0.29) is 11.1 Å². The van der Waals surface area contributed by atoms with Gasteiger partial charge in [-0.1, -0.05) is 48.5 Å². The van der Waals surface area contributed by atoms with Gasteiger partial charge in [-0.25, -0.2) is 0 Å². The normalized spacial score (nSPS) is 12.6. The summed E-state index contributed by atoms with van der Waals surface area (Å²) in [6.45, 7) is 0. The van der Waals surface area contributed by atoms with E-state index in [1.165, 1.54) is 12.1 Å². The van der Waals surface area contributed by atoms with E-state index >= 15 is 0 Å². The van der Waals surface area contributed by atoms with E-state index in [4.69, 9.17) is 0 Å². The van der Waals surface area contributed by atoms with E-state index in [9.17, 15) is 26.3 Å². The number of fused-ring (bicyclic) bond motifs is 2. The van der Waals surface area contributed by atoms with E-state index in [0.29, 0.717) is 21.5 Å². The number of rotatable bonds is 1. The summed E-state index contributed by atoms with van der Waals surface area (Å²) in [5, 5.41) is 1.54. The summed E-state index contributed by atoms with van der Waals surface area (Å²) in [7, 11) is 0. The van der Waals surface area contributed by atoms with E-state index in [2.05, 4.69) is 0 Å². The highest BCUT2D eigenvalue weighted by atomic mass is 19.4. The summed E-state index contributed by atoms with van der Waals surface area (Å²) < 4.78 is 80.5. The number of hydrogen-bond acceptors (Lipinski definition) is 0. The molecule has 0 bridgehead atoms. The second-order valence-electron chi connectivity index (χ2n) is 6.49. The van der Waals surface area contributed by atoms with Gasteiger partial charge >= 0.3 is 12.4 Å². The predicted molar refractivity (Wildman–Crippen MR) is 96.9 cm³/mol. The van der Waals surface area contributed by atoms with Crippen molar-refractivity contribution in [3.8, 4) is 11.1 Å². The van der Waals surface area contributed by atoms with Crippen molar-refractivity contribution in [2.45, 2.75) is 12.4 Å². The van der Waals surface area contributed by atoms with Crippen LogP contribution in [-0.4, -0.2) is 0 Å². The van der Waals surface area contributed by atoms with E-state index < -0.39 is 23.5 Å². The van der Waals surface area contributed by atoms with Crippen LogP contribution in [0.25, 0.3) is 32.7 Å². The molecule has 6 heteroatoms. The fraction of sp³-hybridized carbons (Fsp3) is 0.0909. The van der Waals surface area contributed by atoms with Crippen LogP contribution < -0.4 is 0 Å². The fourth-order valence-electron chi connectivity index (χ4n) is 3.39. The molecule has 0 radical (unpaired) electrons. The van der Waals surface area contributed by atoms with Crippen LogP contribution >= 0.6 is 0 Å². The van der Waals surface area contributed by atoms with Crippen molar-refractivity contribution < 1.29 is 26.3 Å². The van der Waals surface area contributed by atoms with Crippen LogP contribution in [0.5, 0.6) is 0 Å². The summed E-state index contributed by atoms with van der Waals surface area (Å²) >= 11 is 0. The Labute approximate surface area is 156 Å². The molecule has 0 saturated heterocycles. The first kappa shape index (κ1) is 18.3. The fourth-order valence-corrected chi connectivity index (χ4v) is 3.39. The minimum absolute atomic E-state index is 0.118. The van der Waals surface area contributed by atoms with E-state index in [0.717, 1.165) is 24.3 Å². The van der Waals surface area contributed by atoms with Crippen molar-refractivity contribution in [3.05, 3.63) is 83.9 Å². The maximum absolute atomic E-state index is 13.4. The zero-order valence-electron chi connectivity index (χ0n) is 14.2. The highest BCUT2D eigenvalue weighted by Gasteiger charge is 2.33. The third-order valence-electron chi connectivity index (χ3n) is 4.67. The molecule has 0 aliphatic rings. The number of halogens is 6. The summed E-state index contributed by atoms with van der Waals surface area (Å²) in [6, 6.07) is 16.6. The largest absolute Gasteiger partial charge is 0.416 e. The quantitative estimate of drug-likeness (QED) is 0.292. The van der Waals surface area contributed by atoms with E-state index in [1.54, 1.807) is 36.4 Å². The van der Waals surface area contributed by atoms with Crippen LogP contribution in [0.15, 0.2) is 72.8 Å². The molecule has 0 atom stereocenters. The monoisotopic (exact) mass is 390 g/mol. The van der Waals surface area contributed by atoms with Gasteiger partial charge in [0.05, 0.1) is 11.1 Å². The summed E-state index contributed by atoms with van der Waals surface area (Å²) in [5.74, 6) is 0. The Kier molecular flexibility index (Phi) is 4.10. The van der Waals surface area contributed by atoms with Gasteiger partial charge in [-0.05, 0) is 56.9 Å². The molecule has 0 nitrogen and oxygen atoms in total. The average molecular weight is 390 g/mol. The van der Waals surface area contributed by atoms with Crippen LogP contribution in [0.1, 0.15) is 11.1 Å². The van der Waals surface area contributed by atoms with E-state index in [1.807, 2.05) is 0 Å². The first-order valence-corrected chi connectivity index (χ1v) is 8.35. The maximum atomic E-state index is 13.4. The molecule has 0 amide bonds. The standard InChI is InChI=1S/C22H12F6/c23-21(24,25)15-9-13-5-1-3-7-17(13)19(11-15)20-12-16(22(26,27)28)10-14-6-2-4-8-18(14)20/h1-12H. The molecule has 0 saturated carbocycles. The Bertz CT molecular complexity index is 1090. The van der Waals surface area contributed by atoms with Crippen molar-refractivity contribution in [2.24, 2.45) is 0 Å². The molecule has 0 N–H and O–H groups in total. The first-order valence-electron chi connectivity index (χ1n) is 8.35. The minimum Gasteiger partial charge on any atom is -0.166 e. The lowest BCUT2D eigenvalue weighted by atomic mass is 9.90. The molecule has 28 heavy (non-hydrogen) atoms. The van der Waals surface area contributed by atoms with Gasteiger partial charge in [0.25, 0.3) is 0 Å². The van der Waals surface area contributed by atoms with Crippen LogP contribution in [0.2, 0.25) is 0 Å². The van der Waals surface area contributed by atoms with Crippen molar-refractivity contribution in [2.75, 3.05) is 0 Å². The number of hydrogen-bond donors (Lipinski definition) is 0. The SMILES string of the molecule is FC(F)(F)c1cc(-c2cc(C(F)(F)F)cc3ccccc23)c2ccccc2c1. The smallest absolute Gasteiger partial charge is 0.166 e. The molecular weight excluding hydrogens is 378 g/mol. The van der Waals surface area contributed by atoms with Gasteiger partial charge in [0.2, 0.25) is 0 Å². The Balaban J connectivity index is 2.14. The highest BCUT2D eigenvalue weighted by molar-refractivity contribution is 6.06. The van der Waals surface area contributed by atoms with Gasteiger partial charge < -0.3 is 0 Å². The van der Waals surface area contributed by atoms with Gasteiger partial charge in [0.1, 0.15) is 0 Å². The summed E-state index contributed by atoms with van der Waals surface area (Å²) in [5.41, 5.74) is -1.56. The molecule has 142 valence electrons. The number of benzene rings is 4. The van der Waals surface area contributed by atoms with Crippen LogP contribution in [0.3, 0.4) is 0 Å². The molecule has 0 spiro atoms. The zero-order valence-corrected chi connectivity index (χ0v) is 14.2. The summed E-state index contributed by atoms with van der Waals surface area (Å²) in [6.07, 6.45) is -9.23. The average Bonchev–Trinajstić information content (AvgIpc) is 2.65. The topological polar surface area (TPSA) is 0 Å². The maximum Gasteiger partial charge on any atom is 0.416 e. The second kappa shape index (κ2) is 6.26. The lowest BCUT2D eigenvalue weighted by Crippen LogP contribution is -2.07. The molecule has 0 aliphatic heterocycles. The van der Waals surface area contributed by atoms with Gasteiger partial charge in [-0.2, -0.15) is 26.3 Å². The Morgan fingerprint density at radius 3 is 1.18 bits per heavy atom. The van der Waals surface area contributed by atoms with Gasteiger partial charge in [0, 0.05) is 0 Å². The predicted octanol–water partition coefficient (Wildman–Crippen LogP) is 7.70. The Morgan fingerprint density at radius 2 is 0.821 bits per heavy atom. The molecule has 0 unspecified atom stereocenters. The molecule has 0 fully saturated rings. The molecule has 4 rings (SSSR count). The molecule has 4 aromatic carbocycles. The van der Waals surface area contributed by atoms with Crippen molar-refractivity contribution in [1.29, 1.82) is 0 Å². The van der Waals surface area contributed by atoms with Crippen molar-refractivity contribution in [3.63, 3.8) is 0 Å². The van der Waals surface area contributed by atoms with Crippen molar-refractivity contribution >= 4 is 21.5 Å². The molecule has 4 aromatic rings. The van der Waals surface area contributed by atoms with Crippen molar-refractivity contribution in [1.82, 2.24) is 0 Å². The van der Waals surface area contributed by atoms with Gasteiger partial charge in [0.15, 0.2) is 0 Å². The number of alkyl halides is 6. The van der Waals surface area contributed by atoms with Gasteiger partial charge in [-0.15, -0.1) is 0 Å². The highest BCUT2D eigenvalue weighted by Crippen LogP contribution is 2.42. The zero-order chi connectivity index (χ0) is 20.1. The second-order valence-corrected chi connectivity index (χ2v) is 6.49.